The summed E-state index contributed by atoms with van der Waals surface area (Å²) in [6.07, 6.45) is 0. The van der Waals surface area contributed by atoms with Crippen molar-refractivity contribution in [3.63, 3.8) is 0 Å². The van der Waals surface area contributed by atoms with Gasteiger partial charge < -0.3 is 10.00 Å². The molecule has 0 amide bonds. The van der Waals surface area contributed by atoms with Crippen LogP contribution in [0.3, 0.4) is 0 Å². The van der Waals surface area contributed by atoms with Gasteiger partial charge in [-0.15, -0.1) is 0 Å². The third-order valence-corrected chi connectivity index (χ3v) is 8.62. The maximum atomic E-state index is 11.7. The smallest absolute Gasteiger partial charge is 0.345 e. The average molecular weight is 423 g/mol. The Morgan fingerprint density at radius 1 is 1.50 bits per heavy atom. The lowest BCUT2D eigenvalue weighted by molar-refractivity contribution is 0.0400. The van der Waals surface area contributed by atoms with Crippen molar-refractivity contribution in [2.45, 2.75) is 22.9 Å². The van der Waals surface area contributed by atoms with E-state index in [1.165, 1.54) is 13.8 Å². The average Bonchev–Trinajstić information content (AvgIpc) is 2.14. The number of alkyl halides is 4. The Balaban J connectivity index is 4.91. The first kappa shape index (κ1) is 17.6. The Labute approximate surface area is 121 Å². The molecule has 0 spiro atoms. The maximum absolute atomic E-state index is 11.7. The zero-order chi connectivity index (χ0) is 13.2. The van der Waals surface area contributed by atoms with Crippen LogP contribution < -0.4 is 0 Å². The lowest BCUT2D eigenvalue weighted by Gasteiger charge is -2.36. The second-order valence-corrected chi connectivity index (χ2v) is 9.46. The summed E-state index contributed by atoms with van der Waals surface area (Å²) in [6, 6.07) is 0. The molecule has 0 radical (unpaired) electrons. The number of rotatable bonds is 6. The first-order valence-electron chi connectivity index (χ1n) is 4.22. The Morgan fingerprint density at radius 3 is 2.25 bits per heavy atom. The van der Waals surface area contributed by atoms with Gasteiger partial charge in [0.1, 0.15) is 4.57 Å². The third-order valence-electron chi connectivity index (χ3n) is 1.91. The lowest BCUT2D eigenvalue weighted by Crippen LogP contribution is -2.39. The van der Waals surface area contributed by atoms with E-state index in [0.717, 1.165) is 0 Å². The molecule has 2 atom stereocenters. The number of hydrogen-bond donors (Lipinski definition) is 2. The minimum absolute atomic E-state index is 0.199. The molecular weight excluding hydrogens is 410 g/mol. The molecule has 0 saturated heterocycles. The highest BCUT2D eigenvalue weighted by atomic mass is 79.9. The van der Waals surface area contributed by atoms with Gasteiger partial charge in [-0.25, -0.2) is 0 Å². The van der Waals surface area contributed by atoms with Crippen molar-refractivity contribution < 1.29 is 19.1 Å². The summed E-state index contributed by atoms with van der Waals surface area (Å²) in [5, 5.41) is 9.28. The van der Waals surface area contributed by atoms with Crippen molar-refractivity contribution >= 4 is 62.7 Å². The Morgan fingerprint density at radius 2 is 1.94 bits per heavy atom. The molecule has 0 aliphatic heterocycles. The van der Waals surface area contributed by atoms with E-state index in [0.29, 0.717) is 0 Å². The van der Waals surface area contributed by atoms with Gasteiger partial charge in [-0.3, -0.25) is 9.09 Å². The zero-order valence-corrected chi connectivity index (χ0v) is 14.2. The monoisotopic (exact) mass is 420 g/mol. The second-order valence-electron chi connectivity index (χ2n) is 3.80. The maximum Gasteiger partial charge on any atom is 0.345 e. The fourth-order valence-electron chi connectivity index (χ4n) is 0.524. The number of aliphatic hydroxyl groups is 1. The van der Waals surface area contributed by atoms with Crippen LogP contribution in [0.15, 0.2) is 0 Å². The molecule has 0 heterocycles. The van der Waals surface area contributed by atoms with Crippen LogP contribution in [-0.2, 0) is 9.09 Å². The Bertz CT molecular complexity index is 288. The predicted octanol–water partition coefficient (Wildman–Crippen LogP) is 3.45. The molecule has 2 unspecified atom stereocenters. The second kappa shape index (κ2) is 6.20. The molecule has 0 fully saturated rings. The standard InChI is InChI=1S/C7H13Br2Cl2O4P/c1-6(2,4-12)7(10,11)15-16(13,14)5(9)3-8/h5,12H,3-4H2,1-2H3,(H,13,14). The molecule has 0 aromatic heterocycles. The molecule has 0 rings (SSSR count). The summed E-state index contributed by atoms with van der Waals surface area (Å²) in [7, 11) is -4.02. The fourth-order valence-corrected chi connectivity index (χ4v) is 3.45. The van der Waals surface area contributed by atoms with Crippen molar-refractivity contribution in [3.05, 3.63) is 0 Å². The molecule has 0 saturated carbocycles. The van der Waals surface area contributed by atoms with Gasteiger partial charge in [0, 0.05) is 10.7 Å². The van der Waals surface area contributed by atoms with Crippen LogP contribution in [-0.4, -0.2) is 31.0 Å². The molecule has 0 bridgehead atoms. The summed E-state index contributed by atoms with van der Waals surface area (Å²) >= 11 is 17.7. The zero-order valence-electron chi connectivity index (χ0n) is 8.66. The molecule has 9 heteroatoms. The van der Waals surface area contributed by atoms with E-state index in [9.17, 15) is 9.46 Å². The summed E-state index contributed by atoms with van der Waals surface area (Å²) in [5.41, 5.74) is -1.08. The molecule has 0 aliphatic carbocycles. The molecule has 4 nitrogen and oxygen atoms in total. The van der Waals surface area contributed by atoms with Crippen molar-refractivity contribution in [2.24, 2.45) is 5.41 Å². The molecule has 0 aromatic rings. The topological polar surface area (TPSA) is 66.8 Å². The summed E-state index contributed by atoms with van der Waals surface area (Å²) in [5.74, 6) is 0. The van der Waals surface area contributed by atoms with Gasteiger partial charge in [-0.2, -0.15) is 0 Å². The van der Waals surface area contributed by atoms with Gasteiger partial charge in [0.2, 0.25) is 4.52 Å². The van der Waals surface area contributed by atoms with Gasteiger partial charge in [0.15, 0.2) is 0 Å². The Hall–Kier alpha value is 1.65. The summed E-state index contributed by atoms with van der Waals surface area (Å²) < 4.78 is 13.8. The Kier molecular flexibility index (Phi) is 6.84. The highest BCUT2D eigenvalue weighted by molar-refractivity contribution is 9.13. The van der Waals surface area contributed by atoms with Crippen LogP contribution >= 0.6 is 62.7 Å². The minimum Gasteiger partial charge on any atom is -0.396 e. The largest absolute Gasteiger partial charge is 0.396 e. The molecular formula is C7H13Br2Cl2O4P. The predicted molar refractivity (Wildman–Crippen MR) is 72.7 cm³/mol. The first-order chi connectivity index (χ1) is 7.00. The summed E-state index contributed by atoms with van der Waals surface area (Å²) in [4.78, 5) is 9.58. The van der Waals surface area contributed by atoms with Gasteiger partial charge in [0.25, 0.3) is 0 Å². The lowest BCUT2D eigenvalue weighted by atomic mass is 9.96. The van der Waals surface area contributed by atoms with Gasteiger partial charge in [-0.1, -0.05) is 68.9 Å². The van der Waals surface area contributed by atoms with E-state index in [1.54, 1.807) is 0 Å². The van der Waals surface area contributed by atoms with E-state index in [4.69, 9.17) is 32.8 Å². The van der Waals surface area contributed by atoms with E-state index >= 15 is 0 Å². The highest BCUT2D eigenvalue weighted by Crippen LogP contribution is 2.59. The van der Waals surface area contributed by atoms with Crippen LogP contribution in [0.1, 0.15) is 13.8 Å². The van der Waals surface area contributed by atoms with Crippen molar-refractivity contribution in [3.8, 4) is 0 Å². The number of hydrogen-bond acceptors (Lipinski definition) is 3. The van der Waals surface area contributed by atoms with E-state index in [-0.39, 0.29) is 11.9 Å². The van der Waals surface area contributed by atoms with Crippen LogP contribution in [0.25, 0.3) is 0 Å². The minimum atomic E-state index is -4.02. The quantitative estimate of drug-likeness (QED) is 0.508. The van der Waals surface area contributed by atoms with Gasteiger partial charge >= 0.3 is 7.60 Å². The highest BCUT2D eigenvalue weighted by Gasteiger charge is 2.49. The van der Waals surface area contributed by atoms with Gasteiger partial charge in [-0.05, 0) is 0 Å². The summed E-state index contributed by atoms with van der Waals surface area (Å²) in [6.45, 7) is 2.65. The van der Waals surface area contributed by atoms with Crippen LogP contribution in [0.5, 0.6) is 0 Å². The van der Waals surface area contributed by atoms with E-state index < -0.39 is 22.1 Å². The molecule has 98 valence electrons. The van der Waals surface area contributed by atoms with Crippen LogP contribution in [0.2, 0.25) is 0 Å². The SMILES string of the molecule is CC(C)(CO)C(Cl)(Cl)OP(=O)(O)C(Br)CBr. The van der Waals surface area contributed by atoms with Crippen molar-refractivity contribution in [2.75, 3.05) is 11.9 Å². The van der Waals surface area contributed by atoms with E-state index in [2.05, 4.69) is 31.9 Å². The number of halogens is 4. The van der Waals surface area contributed by atoms with E-state index in [1.807, 2.05) is 0 Å². The molecule has 0 aliphatic rings. The molecule has 16 heavy (non-hydrogen) atoms. The molecule has 2 N–H and O–H groups in total. The van der Waals surface area contributed by atoms with Gasteiger partial charge in [0.05, 0.1) is 6.61 Å². The normalized spacial score (nSPS) is 19.2. The third kappa shape index (κ3) is 4.39. The van der Waals surface area contributed by atoms with Crippen LogP contribution in [0, 0.1) is 5.41 Å². The fraction of sp³-hybridized carbons (Fsp3) is 1.00. The first-order valence-corrected chi connectivity index (χ1v) is 8.66. The van der Waals surface area contributed by atoms with Crippen molar-refractivity contribution in [1.82, 2.24) is 0 Å². The van der Waals surface area contributed by atoms with Crippen molar-refractivity contribution in [1.29, 1.82) is 0 Å². The number of aliphatic hydroxyl groups excluding tert-OH is 1. The molecule has 0 aromatic carbocycles. The van der Waals surface area contributed by atoms with Crippen LogP contribution in [0.4, 0.5) is 0 Å².